The Bertz CT molecular complexity index is 724. The molecule has 0 saturated carbocycles. The molecule has 5 nitrogen and oxygen atoms in total. The Morgan fingerprint density at radius 2 is 1.75 bits per heavy atom. The zero-order valence-corrected chi connectivity index (χ0v) is 12.0. The number of non-ortho nitro benzene ring substituents is 1. The van der Waals surface area contributed by atoms with E-state index in [0.29, 0.717) is 0 Å². The average molecular weight is 271 g/mol. The summed E-state index contributed by atoms with van der Waals surface area (Å²) in [7, 11) is 4.03. The summed E-state index contributed by atoms with van der Waals surface area (Å²) >= 11 is 0. The van der Waals surface area contributed by atoms with Crippen molar-refractivity contribution in [3.63, 3.8) is 0 Å². The van der Waals surface area contributed by atoms with Gasteiger partial charge in [0.1, 0.15) is 5.66 Å². The lowest BCUT2D eigenvalue weighted by molar-refractivity contribution is -0.384. The molecule has 0 aromatic heterocycles. The number of nitro groups is 1. The molecule has 0 bridgehead atoms. The number of hydrogen-bond acceptors (Lipinski definition) is 4. The molecule has 0 N–H and O–H groups in total. The molecule has 1 aliphatic heterocycles. The Morgan fingerprint density at radius 1 is 1.10 bits per heavy atom. The van der Waals surface area contributed by atoms with Crippen LogP contribution >= 0.6 is 0 Å². The van der Waals surface area contributed by atoms with E-state index in [-0.39, 0.29) is 16.3 Å². The van der Waals surface area contributed by atoms with Crippen LogP contribution in [0.2, 0.25) is 0 Å². The van der Waals surface area contributed by atoms with Gasteiger partial charge in [-0.3, -0.25) is 10.1 Å². The van der Waals surface area contributed by atoms with Crippen LogP contribution in [0.1, 0.15) is 13.8 Å². The average Bonchev–Trinajstić information content (AvgIpc) is 2.42. The first-order valence-electron chi connectivity index (χ1n) is 6.53. The van der Waals surface area contributed by atoms with E-state index in [1.165, 1.54) is 0 Å². The maximum atomic E-state index is 11.1. The second-order valence-corrected chi connectivity index (χ2v) is 5.71. The first-order chi connectivity index (χ1) is 9.34. The summed E-state index contributed by atoms with van der Waals surface area (Å²) < 4.78 is 0. The lowest BCUT2D eigenvalue weighted by Gasteiger charge is -2.49. The lowest BCUT2D eigenvalue weighted by atomic mass is 9.97. The molecule has 20 heavy (non-hydrogen) atoms. The van der Waals surface area contributed by atoms with Crippen molar-refractivity contribution in [1.82, 2.24) is 0 Å². The molecule has 3 rings (SSSR count). The van der Waals surface area contributed by atoms with Crippen LogP contribution in [0.25, 0.3) is 10.8 Å². The molecule has 0 amide bonds. The van der Waals surface area contributed by atoms with Gasteiger partial charge in [0.15, 0.2) is 0 Å². The van der Waals surface area contributed by atoms with E-state index < -0.39 is 0 Å². The van der Waals surface area contributed by atoms with Gasteiger partial charge < -0.3 is 9.80 Å². The number of anilines is 2. The third kappa shape index (κ3) is 1.49. The van der Waals surface area contributed by atoms with E-state index in [1.807, 2.05) is 19.2 Å². The summed E-state index contributed by atoms with van der Waals surface area (Å²) in [5, 5.41) is 13.1. The van der Waals surface area contributed by atoms with Crippen LogP contribution in [0, 0.1) is 10.1 Å². The fourth-order valence-electron chi connectivity index (χ4n) is 2.83. The summed E-state index contributed by atoms with van der Waals surface area (Å²) in [6.07, 6.45) is 0. The second-order valence-electron chi connectivity index (χ2n) is 5.71. The fourth-order valence-corrected chi connectivity index (χ4v) is 2.83. The highest BCUT2D eigenvalue weighted by atomic mass is 16.6. The van der Waals surface area contributed by atoms with E-state index in [2.05, 4.69) is 36.8 Å². The van der Waals surface area contributed by atoms with Gasteiger partial charge in [-0.2, -0.15) is 0 Å². The highest BCUT2D eigenvalue weighted by Crippen LogP contribution is 2.45. The molecular formula is C15H17N3O2. The normalized spacial score (nSPS) is 16.6. The van der Waals surface area contributed by atoms with Crippen LogP contribution in [-0.4, -0.2) is 24.7 Å². The van der Waals surface area contributed by atoms with Gasteiger partial charge in [-0.1, -0.05) is 12.1 Å². The quantitative estimate of drug-likeness (QED) is 0.589. The predicted octanol–water partition coefficient (Wildman–Crippen LogP) is 3.37. The summed E-state index contributed by atoms with van der Waals surface area (Å²) in [5.41, 5.74) is 1.91. The monoisotopic (exact) mass is 271 g/mol. The fraction of sp³-hybridized carbons (Fsp3) is 0.333. The van der Waals surface area contributed by atoms with Crippen LogP contribution in [0.5, 0.6) is 0 Å². The lowest BCUT2D eigenvalue weighted by Crippen LogP contribution is -2.56. The van der Waals surface area contributed by atoms with E-state index >= 15 is 0 Å². The molecule has 1 aliphatic rings. The van der Waals surface area contributed by atoms with Crippen LogP contribution in [0.15, 0.2) is 30.3 Å². The Labute approximate surface area is 117 Å². The molecule has 0 unspecified atom stereocenters. The summed E-state index contributed by atoms with van der Waals surface area (Å²) in [6, 6.07) is 9.24. The highest BCUT2D eigenvalue weighted by molar-refractivity contribution is 6.07. The minimum Gasteiger partial charge on any atom is -0.352 e. The van der Waals surface area contributed by atoms with E-state index in [4.69, 9.17) is 0 Å². The molecule has 0 fully saturated rings. The minimum absolute atomic E-state index is 0.136. The Hall–Kier alpha value is -2.30. The number of nitrogens with zero attached hydrogens (tertiary/aromatic N) is 3. The highest BCUT2D eigenvalue weighted by Gasteiger charge is 2.36. The topological polar surface area (TPSA) is 49.6 Å². The molecular weight excluding hydrogens is 254 g/mol. The molecule has 0 saturated heterocycles. The van der Waals surface area contributed by atoms with Gasteiger partial charge in [-0.05, 0) is 25.3 Å². The van der Waals surface area contributed by atoms with Crippen molar-refractivity contribution in [3.05, 3.63) is 40.4 Å². The van der Waals surface area contributed by atoms with Gasteiger partial charge in [0.05, 0.1) is 10.6 Å². The SMILES string of the molecule is CN1c2cccc3cc([N+](=O)[O-])cc(c23)N(C)C1(C)C. The predicted molar refractivity (Wildman–Crippen MR) is 81.5 cm³/mol. The second kappa shape index (κ2) is 3.85. The Morgan fingerprint density at radius 3 is 2.40 bits per heavy atom. The first-order valence-corrected chi connectivity index (χ1v) is 6.53. The third-order valence-corrected chi connectivity index (χ3v) is 4.49. The molecule has 104 valence electrons. The van der Waals surface area contributed by atoms with Gasteiger partial charge in [0.2, 0.25) is 0 Å². The van der Waals surface area contributed by atoms with E-state index in [9.17, 15) is 10.1 Å². The van der Waals surface area contributed by atoms with Crippen molar-refractivity contribution in [3.8, 4) is 0 Å². The Balaban J connectivity index is 2.43. The number of rotatable bonds is 1. The summed E-state index contributed by atoms with van der Waals surface area (Å²) in [5.74, 6) is 0. The molecule has 0 radical (unpaired) electrons. The minimum atomic E-state index is -0.332. The van der Waals surface area contributed by atoms with Gasteiger partial charge >= 0.3 is 0 Å². The van der Waals surface area contributed by atoms with Crippen molar-refractivity contribution >= 4 is 27.8 Å². The summed E-state index contributed by atoms with van der Waals surface area (Å²) in [6.45, 7) is 4.21. The first kappa shape index (κ1) is 12.7. The van der Waals surface area contributed by atoms with E-state index in [0.717, 1.165) is 22.1 Å². The summed E-state index contributed by atoms with van der Waals surface area (Å²) in [4.78, 5) is 15.1. The molecule has 0 atom stereocenters. The number of benzene rings is 2. The van der Waals surface area contributed by atoms with Crippen LogP contribution in [0.4, 0.5) is 17.1 Å². The maximum absolute atomic E-state index is 11.1. The zero-order chi connectivity index (χ0) is 14.7. The van der Waals surface area contributed by atoms with Crippen molar-refractivity contribution in [2.75, 3.05) is 23.9 Å². The van der Waals surface area contributed by atoms with Gasteiger partial charge in [-0.25, -0.2) is 0 Å². The van der Waals surface area contributed by atoms with Crippen molar-refractivity contribution in [2.24, 2.45) is 0 Å². The zero-order valence-electron chi connectivity index (χ0n) is 12.0. The van der Waals surface area contributed by atoms with Crippen molar-refractivity contribution in [2.45, 2.75) is 19.5 Å². The van der Waals surface area contributed by atoms with Crippen molar-refractivity contribution < 1.29 is 4.92 Å². The molecule has 0 aliphatic carbocycles. The molecule has 2 aromatic carbocycles. The molecule has 5 heteroatoms. The van der Waals surface area contributed by atoms with Gasteiger partial charge in [0.25, 0.3) is 5.69 Å². The van der Waals surface area contributed by atoms with Crippen LogP contribution in [-0.2, 0) is 0 Å². The number of nitro benzene ring substituents is 1. The number of hydrogen-bond donors (Lipinski definition) is 0. The molecule has 1 heterocycles. The van der Waals surface area contributed by atoms with Crippen LogP contribution in [0.3, 0.4) is 0 Å². The van der Waals surface area contributed by atoms with Gasteiger partial charge in [-0.15, -0.1) is 0 Å². The third-order valence-electron chi connectivity index (χ3n) is 4.49. The van der Waals surface area contributed by atoms with Gasteiger partial charge in [0, 0.05) is 37.3 Å². The smallest absolute Gasteiger partial charge is 0.272 e. The molecule has 2 aromatic rings. The standard InChI is InChI=1S/C15H17N3O2/c1-15(2)16(3)12-7-5-6-10-8-11(18(19)20)9-13(14(10)12)17(15)4/h5-9H,1-4H3. The van der Waals surface area contributed by atoms with Crippen molar-refractivity contribution in [1.29, 1.82) is 0 Å². The van der Waals surface area contributed by atoms with E-state index in [1.54, 1.807) is 12.1 Å². The Kier molecular flexibility index (Phi) is 2.45. The maximum Gasteiger partial charge on any atom is 0.272 e. The largest absolute Gasteiger partial charge is 0.352 e. The molecule has 0 spiro atoms. The van der Waals surface area contributed by atoms with Crippen LogP contribution < -0.4 is 9.80 Å².